The zero-order valence-electron chi connectivity index (χ0n) is 19.0. The molecule has 1 aliphatic rings. The van der Waals surface area contributed by atoms with Crippen molar-refractivity contribution in [3.8, 4) is 0 Å². The monoisotopic (exact) mass is 413 g/mol. The van der Waals surface area contributed by atoms with Crippen LogP contribution in [0.5, 0.6) is 0 Å². The lowest BCUT2D eigenvalue weighted by Gasteiger charge is -2.24. The van der Waals surface area contributed by atoms with Crippen LogP contribution in [-0.2, 0) is 9.53 Å². The van der Waals surface area contributed by atoms with Crippen molar-refractivity contribution < 1.29 is 19.7 Å². The van der Waals surface area contributed by atoms with Crippen LogP contribution in [0.3, 0.4) is 0 Å². The van der Waals surface area contributed by atoms with Gasteiger partial charge in [0.1, 0.15) is 6.04 Å². The summed E-state index contributed by atoms with van der Waals surface area (Å²) in [5, 5.41) is 18.6. The fraction of sp³-hybridized carbons (Fsp3) is 0.958. The second-order valence-corrected chi connectivity index (χ2v) is 8.75. The van der Waals surface area contributed by atoms with Gasteiger partial charge in [0, 0.05) is 6.54 Å². The normalized spacial score (nSPS) is 18.2. The van der Waals surface area contributed by atoms with Crippen LogP contribution >= 0.6 is 0 Å². The maximum Gasteiger partial charge on any atom is 0.323 e. The van der Waals surface area contributed by atoms with Crippen LogP contribution in [0.25, 0.3) is 0 Å². The van der Waals surface area contributed by atoms with Crippen LogP contribution < -0.4 is 0 Å². The highest BCUT2D eigenvalue weighted by atomic mass is 16.5. The molecule has 1 heterocycles. The summed E-state index contributed by atoms with van der Waals surface area (Å²) < 4.78 is 5.45. The van der Waals surface area contributed by atoms with Gasteiger partial charge in [-0.1, -0.05) is 90.4 Å². The molecule has 5 heteroatoms. The molecule has 1 rings (SSSR count). The summed E-state index contributed by atoms with van der Waals surface area (Å²) in [5.41, 5.74) is 0. The Morgan fingerprint density at radius 2 is 1.45 bits per heavy atom. The fourth-order valence-corrected chi connectivity index (χ4v) is 4.21. The maximum absolute atomic E-state index is 12.3. The minimum Gasteiger partial charge on any atom is -0.465 e. The molecule has 1 saturated heterocycles. The molecule has 0 aromatic carbocycles. The summed E-state index contributed by atoms with van der Waals surface area (Å²) in [5.74, 6) is -0.165. The first-order valence-electron chi connectivity index (χ1n) is 12.4. The number of ether oxygens (including phenoxy) is 1. The van der Waals surface area contributed by atoms with Gasteiger partial charge in [-0.25, -0.2) is 0 Å². The number of likely N-dealkylation sites (tertiary alicyclic amines) is 1. The van der Waals surface area contributed by atoms with Crippen LogP contribution in [0.1, 0.15) is 110 Å². The maximum atomic E-state index is 12.3. The van der Waals surface area contributed by atoms with Gasteiger partial charge >= 0.3 is 5.97 Å². The van der Waals surface area contributed by atoms with E-state index in [2.05, 4.69) is 6.92 Å². The topological polar surface area (TPSA) is 70.0 Å². The van der Waals surface area contributed by atoms with Crippen molar-refractivity contribution in [3.63, 3.8) is 0 Å². The van der Waals surface area contributed by atoms with E-state index in [4.69, 9.17) is 9.84 Å². The lowest BCUT2D eigenvalue weighted by Crippen LogP contribution is -2.42. The van der Waals surface area contributed by atoms with Crippen molar-refractivity contribution in [3.05, 3.63) is 0 Å². The molecule has 29 heavy (non-hydrogen) atoms. The zero-order valence-corrected chi connectivity index (χ0v) is 19.0. The number of unbranched alkanes of at least 4 members (excludes halogenated alkanes) is 13. The van der Waals surface area contributed by atoms with E-state index >= 15 is 0 Å². The van der Waals surface area contributed by atoms with Gasteiger partial charge in [0.05, 0.1) is 19.3 Å². The van der Waals surface area contributed by atoms with Crippen molar-refractivity contribution in [1.29, 1.82) is 0 Å². The molecule has 0 saturated carbocycles. The molecule has 0 radical (unpaired) electrons. The first-order valence-corrected chi connectivity index (χ1v) is 12.4. The van der Waals surface area contributed by atoms with Crippen molar-refractivity contribution in [2.24, 2.45) is 0 Å². The van der Waals surface area contributed by atoms with E-state index in [0.29, 0.717) is 13.2 Å². The van der Waals surface area contributed by atoms with Crippen LogP contribution in [-0.4, -0.2) is 59.5 Å². The Hall–Kier alpha value is -0.650. The Bertz CT molecular complexity index is 391. The molecule has 1 unspecified atom stereocenters. The first kappa shape index (κ1) is 26.4. The second kappa shape index (κ2) is 18.1. The summed E-state index contributed by atoms with van der Waals surface area (Å²) in [6.07, 6.45) is 19.4. The van der Waals surface area contributed by atoms with Gasteiger partial charge in [0.2, 0.25) is 0 Å². The molecule has 0 bridgehead atoms. The fourth-order valence-electron chi connectivity index (χ4n) is 4.21. The predicted molar refractivity (Wildman–Crippen MR) is 119 cm³/mol. The summed E-state index contributed by atoms with van der Waals surface area (Å²) >= 11 is 0. The minimum atomic E-state index is -0.783. The highest BCUT2D eigenvalue weighted by Gasteiger charge is 2.32. The van der Waals surface area contributed by atoms with Crippen molar-refractivity contribution >= 4 is 5.97 Å². The number of β-amino-alcohol motifs (C(OH)–C–C–N with tert-alkyl or cyclic N) is 1. The van der Waals surface area contributed by atoms with Crippen molar-refractivity contribution in [2.75, 3.05) is 26.3 Å². The Morgan fingerprint density at radius 1 is 0.931 bits per heavy atom. The lowest BCUT2D eigenvalue weighted by molar-refractivity contribution is -0.149. The Balaban J connectivity index is 1.88. The average Bonchev–Trinajstić information content (AvgIpc) is 3.18. The summed E-state index contributed by atoms with van der Waals surface area (Å²) in [4.78, 5) is 14.2. The van der Waals surface area contributed by atoms with Gasteiger partial charge in [-0.05, 0) is 25.8 Å². The molecule has 0 amide bonds. The highest BCUT2D eigenvalue weighted by Crippen LogP contribution is 2.19. The van der Waals surface area contributed by atoms with Crippen LogP contribution in [0, 0.1) is 0 Å². The van der Waals surface area contributed by atoms with Crippen molar-refractivity contribution in [1.82, 2.24) is 4.90 Å². The molecular formula is C24H47NO4. The van der Waals surface area contributed by atoms with E-state index in [9.17, 15) is 9.90 Å². The Labute approximate surface area is 179 Å². The standard InChI is InChI=1S/C24H47NO4/c1-2-3-4-5-6-7-8-9-10-11-12-13-14-15-19-29-24(28)23-17-16-18-25(23)20-22(27)21-26/h22-23,26-27H,2-21H2,1H3/t22?,23-/m0/s1. The Kier molecular flexibility index (Phi) is 16.5. The average molecular weight is 414 g/mol. The number of hydrogen-bond donors (Lipinski definition) is 2. The summed E-state index contributed by atoms with van der Waals surface area (Å²) in [6.45, 7) is 3.64. The summed E-state index contributed by atoms with van der Waals surface area (Å²) in [7, 11) is 0. The molecule has 1 aliphatic heterocycles. The molecule has 172 valence electrons. The van der Waals surface area contributed by atoms with E-state index in [0.717, 1.165) is 32.2 Å². The zero-order chi connectivity index (χ0) is 21.2. The number of aliphatic hydroxyl groups excluding tert-OH is 2. The lowest BCUT2D eigenvalue weighted by atomic mass is 10.0. The highest BCUT2D eigenvalue weighted by molar-refractivity contribution is 5.76. The predicted octanol–water partition coefficient (Wildman–Crippen LogP) is 4.83. The minimum absolute atomic E-state index is 0.165. The third-order valence-corrected chi connectivity index (χ3v) is 6.03. The molecule has 0 aromatic heterocycles. The third-order valence-electron chi connectivity index (χ3n) is 6.03. The van der Waals surface area contributed by atoms with E-state index in [-0.39, 0.29) is 18.6 Å². The SMILES string of the molecule is CCCCCCCCCCCCCCCCOC(=O)[C@@H]1CCCN1CC(O)CO. The van der Waals surface area contributed by atoms with Crippen LogP contribution in [0.4, 0.5) is 0 Å². The van der Waals surface area contributed by atoms with Crippen molar-refractivity contribution in [2.45, 2.75) is 122 Å². The smallest absolute Gasteiger partial charge is 0.323 e. The van der Waals surface area contributed by atoms with Gasteiger partial charge in [0.25, 0.3) is 0 Å². The molecular weight excluding hydrogens is 366 g/mol. The van der Waals surface area contributed by atoms with E-state index in [1.807, 2.05) is 4.90 Å². The van der Waals surface area contributed by atoms with Gasteiger partial charge in [-0.2, -0.15) is 0 Å². The number of carbonyl (C=O) groups is 1. The van der Waals surface area contributed by atoms with Crippen LogP contribution in [0.2, 0.25) is 0 Å². The third kappa shape index (κ3) is 13.3. The van der Waals surface area contributed by atoms with Gasteiger partial charge in [-0.3, -0.25) is 9.69 Å². The van der Waals surface area contributed by atoms with Gasteiger partial charge < -0.3 is 14.9 Å². The quantitative estimate of drug-likeness (QED) is 0.234. The number of hydrogen-bond acceptors (Lipinski definition) is 5. The number of esters is 1. The van der Waals surface area contributed by atoms with E-state index in [1.165, 1.54) is 77.0 Å². The largest absolute Gasteiger partial charge is 0.465 e. The number of rotatable bonds is 19. The summed E-state index contributed by atoms with van der Waals surface area (Å²) in [6, 6.07) is -0.247. The van der Waals surface area contributed by atoms with E-state index < -0.39 is 6.10 Å². The molecule has 0 aliphatic carbocycles. The number of aliphatic hydroxyl groups is 2. The van der Waals surface area contributed by atoms with Crippen LogP contribution in [0.15, 0.2) is 0 Å². The molecule has 2 N–H and O–H groups in total. The van der Waals surface area contributed by atoms with Gasteiger partial charge in [-0.15, -0.1) is 0 Å². The molecule has 0 spiro atoms. The first-order chi connectivity index (χ1) is 14.2. The molecule has 2 atom stereocenters. The second-order valence-electron chi connectivity index (χ2n) is 8.75. The molecule has 0 aromatic rings. The number of carbonyl (C=O) groups excluding carboxylic acids is 1. The molecule has 5 nitrogen and oxygen atoms in total. The number of nitrogens with zero attached hydrogens (tertiary/aromatic N) is 1. The Morgan fingerprint density at radius 3 is 1.97 bits per heavy atom. The van der Waals surface area contributed by atoms with Gasteiger partial charge in [0.15, 0.2) is 0 Å². The molecule has 1 fully saturated rings. The van der Waals surface area contributed by atoms with E-state index in [1.54, 1.807) is 0 Å².